The SMILES string of the molecule is Nn1ccc(SS)n1. The smallest absolute Gasteiger partial charge is 0.130 e. The van der Waals surface area contributed by atoms with Gasteiger partial charge >= 0.3 is 0 Å². The molecule has 8 heavy (non-hydrogen) atoms. The van der Waals surface area contributed by atoms with Gasteiger partial charge in [0.05, 0.1) is 0 Å². The molecule has 0 saturated heterocycles. The lowest BCUT2D eigenvalue weighted by Crippen LogP contribution is -2.07. The Hall–Kier alpha value is -0.290. The van der Waals surface area contributed by atoms with Crippen LogP contribution in [0.15, 0.2) is 17.3 Å². The zero-order chi connectivity index (χ0) is 5.98. The van der Waals surface area contributed by atoms with Gasteiger partial charge in [0.25, 0.3) is 0 Å². The van der Waals surface area contributed by atoms with Crippen molar-refractivity contribution in [1.29, 1.82) is 0 Å². The second-order valence-corrected chi connectivity index (χ2v) is 2.37. The zero-order valence-corrected chi connectivity index (χ0v) is 5.69. The van der Waals surface area contributed by atoms with Crippen molar-refractivity contribution in [3.63, 3.8) is 0 Å². The van der Waals surface area contributed by atoms with Gasteiger partial charge in [0.15, 0.2) is 0 Å². The largest absolute Gasteiger partial charge is 0.323 e. The van der Waals surface area contributed by atoms with Crippen LogP contribution in [0.2, 0.25) is 0 Å². The van der Waals surface area contributed by atoms with Crippen LogP contribution in [-0.4, -0.2) is 9.89 Å². The van der Waals surface area contributed by atoms with Crippen molar-refractivity contribution >= 4 is 22.5 Å². The summed E-state index contributed by atoms with van der Waals surface area (Å²) in [6.45, 7) is 0. The van der Waals surface area contributed by atoms with Crippen LogP contribution in [0.1, 0.15) is 0 Å². The molecular weight excluding hydrogens is 142 g/mol. The van der Waals surface area contributed by atoms with E-state index in [0.29, 0.717) is 0 Å². The van der Waals surface area contributed by atoms with Gasteiger partial charge in [0, 0.05) is 6.20 Å². The molecule has 0 unspecified atom stereocenters. The van der Waals surface area contributed by atoms with Crippen molar-refractivity contribution in [2.45, 2.75) is 5.03 Å². The Kier molecular flexibility index (Phi) is 1.69. The third-order valence-electron chi connectivity index (χ3n) is 0.677. The van der Waals surface area contributed by atoms with Gasteiger partial charge in [-0.15, -0.1) is 16.8 Å². The minimum absolute atomic E-state index is 0.816. The molecule has 1 rings (SSSR count). The number of hydrogen-bond donors (Lipinski definition) is 2. The molecule has 0 saturated carbocycles. The monoisotopic (exact) mass is 147 g/mol. The quantitative estimate of drug-likeness (QED) is 0.346. The molecule has 0 aliphatic carbocycles. The van der Waals surface area contributed by atoms with E-state index in [1.165, 1.54) is 15.6 Å². The third-order valence-corrected chi connectivity index (χ3v) is 1.64. The maximum Gasteiger partial charge on any atom is 0.130 e. The molecule has 0 bridgehead atoms. The third kappa shape index (κ3) is 1.10. The molecular formula is C3H5N3S2. The number of aromatic nitrogens is 2. The summed E-state index contributed by atoms with van der Waals surface area (Å²) in [7, 11) is 1.27. The van der Waals surface area contributed by atoms with E-state index in [9.17, 15) is 0 Å². The first-order chi connectivity index (χ1) is 3.83. The lowest BCUT2D eigenvalue weighted by Gasteiger charge is -1.83. The van der Waals surface area contributed by atoms with Crippen LogP contribution in [0.3, 0.4) is 0 Å². The molecule has 0 aromatic carbocycles. The van der Waals surface area contributed by atoms with Crippen LogP contribution in [0.5, 0.6) is 0 Å². The molecule has 1 heterocycles. The molecule has 0 fully saturated rings. The predicted octanol–water partition coefficient (Wildman–Crippen LogP) is 0.534. The first kappa shape index (κ1) is 5.84. The Morgan fingerprint density at radius 3 is 2.88 bits per heavy atom. The Labute approximate surface area is 56.0 Å². The van der Waals surface area contributed by atoms with E-state index in [4.69, 9.17) is 5.84 Å². The van der Waals surface area contributed by atoms with Gasteiger partial charge in [-0.25, -0.2) is 0 Å². The summed E-state index contributed by atoms with van der Waals surface area (Å²) < 4.78 is 0. The summed E-state index contributed by atoms with van der Waals surface area (Å²) in [6, 6.07) is 1.79. The van der Waals surface area contributed by atoms with E-state index in [-0.39, 0.29) is 0 Å². The van der Waals surface area contributed by atoms with Crippen molar-refractivity contribution in [2.24, 2.45) is 0 Å². The fraction of sp³-hybridized carbons (Fsp3) is 0. The number of nitrogen functional groups attached to an aromatic ring is 1. The summed E-state index contributed by atoms with van der Waals surface area (Å²) in [5.74, 6) is 5.21. The molecule has 1 aromatic rings. The lowest BCUT2D eigenvalue weighted by atomic mass is 10.8. The summed E-state index contributed by atoms with van der Waals surface area (Å²) in [6.07, 6.45) is 1.67. The van der Waals surface area contributed by atoms with E-state index in [2.05, 4.69) is 16.8 Å². The lowest BCUT2D eigenvalue weighted by molar-refractivity contribution is 0.796. The molecule has 1 aromatic heterocycles. The Morgan fingerprint density at radius 2 is 2.62 bits per heavy atom. The standard InChI is InChI=1S/C3H5N3S2/c4-6-2-1-3(5-6)8-7/h1-2,7H,4H2. The fourth-order valence-electron chi connectivity index (χ4n) is 0.369. The van der Waals surface area contributed by atoms with Crippen molar-refractivity contribution in [2.75, 3.05) is 5.84 Å². The molecule has 0 atom stereocenters. The first-order valence-corrected chi connectivity index (χ1v) is 3.82. The summed E-state index contributed by atoms with van der Waals surface area (Å²) >= 11 is 3.91. The van der Waals surface area contributed by atoms with Gasteiger partial charge in [-0.3, -0.25) is 0 Å². The van der Waals surface area contributed by atoms with Crippen LogP contribution in [0.4, 0.5) is 0 Å². The minimum atomic E-state index is 0.816. The van der Waals surface area contributed by atoms with Gasteiger partial charge in [-0.05, 0) is 16.9 Å². The van der Waals surface area contributed by atoms with E-state index in [1.54, 1.807) is 12.3 Å². The van der Waals surface area contributed by atoms with Crippen LogP contribution in [-0.2, 0) is 0 Å². The molecule has 2 N–H and O–H groups in total. The Morgan fingerprint density at radius 1 is 1.88 bits per heavy atom. The van der Waals surface area contributed by atoms with E-state index in [1.807, 2.05) is 0 Å². The molecule has 44 valence electrons. The molecule has 5 heteroatoms. The van der Waals surface area contributed by atoms with Crippen LogP contribution in [0.25, 0.3) is 0 Å². The normalized spacial score (nSPS) is 9.62. The second kappa shape index (κ2) is 2.32. The minimum Gasteiger partial charge on any atom is -0.323 e. The highest BCUT2D eigenvalue weighted by molar-refractivity contribution is 8.68. The van der Waals surface area contributed by atoms with Crippen molar-refractivity contribution < 1.29 is 0 Å². The predicted molar refractivity (Wildman–Crippen MR) is 37.2 cm³/mol. The topological polar surface area (TPSA) is 43.8 Å². The molecule has 0 amide bonds. The van der Waals surface area contributed by atoms with Gasteiger partial charge < -0.3 is 5.84 Å². The van der Waals surface area contributed by atoms with E-state index < -0.39 is 0 Å². The van der Waals surface area contributed by atoms with Crippen molar-refractivity contribution in [1.82, 2.24) is 9.89 Å². The van der Waals surface area contributed by atoms with Crippen molar-refractivity contribution in [3.05, 3.63) is 12.3 Å². The average Bonchev–Trinajstić information content (AvgIpc) is 2.14. The average molecular weight is 147 g/mol. The van der Waals surface area contributed by atoms with Gasteiger partial charge in [0.2, 0.25) is 0 Å². The van der Waals surface area contributed by atoms with Crippen molar-refractivity contribution in [3.8, 4) is 0 Å². The maximum absolute atomic E-state index is 5.21. The van der Waals surface area contributed by atoms with Crippen LogP contribution >= 0.6 is 22.5 Å². The Bertz CT molecular complexity index is 173. The fourth-order valence-corrected chi connectivity index (χ4v) is 0.914. The highest BCUT2D eigenvalue weighted by atomic mass is 33.1. The number of hydrogen-bond acceptors (Lipinski definition) is 4. The molecule has 0 spiro atoms. The summed E-state index contributed by atoms with van der Waals surface area (Å²) in [5.41, 5.74) is 0. The Balaban J connectivity index is 2.84. The number of rotatable bonds is 1. The van der Waals surface area contributed by atoms with Gasteiger partial charge in [0.1, 0.15) is 5.03 Å². The van der Waals surface area contributed by atoms with Gasteiger partial charge in [-0.2, -0.15) is 4.79 Å². The zero-order valence-electron chi connectivity index (χ0n) is 3.98. The molecule has 3 nitrogen and oxygen atoms in total. The molecule has 0 aliphatic heterocycles. The maximum atomic E-state index is 5.21. The highest BCUT2D eigenvalue weighted by Gasteiger charge is 1.90. The van der Waals surface area contributed by atoms with Crippen LogP contribution < -0.4 is 5.84 Å². The number of nitrogens with zero attached hydrogens (tertiary/aromatic N) is 2. The summed E-state index contributed by atoms with van der Waals surface area (Å²) in [5, 5.41) is 4.63. The van der Waals surface area contributed by atoms with Crippen LogP contribution in [0, 0.1) is 0 Å². The van der Waals surface area contributed by atoms with E-state index in [0.717, 1.165) is 5.03 Å². The highest BCUT2D eigenvalue weighted by Crippen LogP contribution is 2.16. The number of thiol groups is 1. The van der Waals surface area contributed by atoms with E-state index >= 15 is 0 Å². The molecule has 0 aliphatic rings. The number of nitrogens with two attached hydrogens (primary N) is 1. The second-order valence-electron chi connectivity index (χ2n) is 1.23. The first-order valence-electron chi connectivity index (χ1n) is 1.95. The van der Waals surface area contributed by atoms with Gasteiger partial charge in [-0.1, -0.05) is 0 Å². The summed E-state index contributed by atoms with van der Waals surface area (Å²) in [4.78, 5) is 1.25. The molecule has 0 radical (unpaired) electrons.